The Morgan fingerprint density at radius 3 is 2.52 bits per heavy atom. The zero-order valence-corrected chi connectivity index (χ0v) is 19.8. The summed E-state index contributed by atoms with van der Waals surface area (Å²) in [4.78, 5) is 15.9. The van der Waals surface area contributed by atoms with E-state index in [0.29, 0.717) is 53.8 Å². The van der Waals surface area contributed by atoms with E-state index in [4.69, 9.17) is 0 Å². The number of nitrogens with zero attached hydrogens (tertiary/aromatic N) is 1. The number of hydrogen-bond acceptors (Lipinski definition) is 4. The molecule has 0 radical (unpaired) electrons. The molecule has 0 amide bonds. The van der Waals surface area contributed by atoms with Crippen LogP contribution in [-0.2, 0) is 4.79 Å². The fraction of sp³-hybridized carbons (Fsp3) is 0.963. The molecule has 0 aromatic carbocycles. The average Bonchev–Trinajstić information content (AvgIpc) is 3.09. The van der Waals surface area contributed by atoms with Crippen LogP contribution in [-0.4, -0.2) is 51.7 Å². The quantitative estimate of drug-likeness (QED) is 0.613. The smallest absolute Gasteiger partial charge is 0.136 e. The van der Waals surface area contributed by atoms with Gasteiger partial charge in [-0.2, -0.15) is 0 Å². The van der Waals surface area contributed by atoms with E-state index >= 15 is 0 Å². The van der Waals surface area contributed by atoms with Crippen molar-refractivity contribution in [3.05, 3.63) is 0 Å². The maximum Gasteiger partial charge on any atom is 0.136 e. The van der Waals surface area contributed by atoms with Crippen molar-refractivity contribution in [2.75, 3.05) is 13.1 Å². The molecule has 31 heavy (non-hydrogen) atoms. The van der Waals surface area contributed by atoms with Gasteiger partial charge in [-0.3, -0.25) is 9.69 Å². The van der Waals surface area contributed by atoms with Gasteiger partial charge in [0.15, 0.2) is 0 Å². The van der Waals surface area contributed by atoms with Gasteiger partial charge in [0.1, 0.15) is 5.78 Å². The van der Waals surface area contributed by atoms with Crippen molar-refractivity contribution in [2.24, 2.45) is 52.8 Å². The molecule has 6 rings (SSSR count). The van der Waals surface area contributed by atoms with Gasteiger partial charge in [0.2, 0.25) is 0 Å². The second kappa shape index (κ2) is 7.03. The molecular weight excluding hydrogens is 386 g/mol. The van der Waals surface area contributed by atoms with Crippen LogP contribution in [0.1, 0.15) is 78.6 Å². The maximum atomic E-state index is 13.2. The summed E-state index contributed by atoms with van der Waals surface area (Å²) in [6.45, 7) is 9.23. The highest BCUT2D eigenvalue weighted by Gasteiger charge is 2.64. The van der Waals surface area contributed by atoms with Crippen molar-refractivity contribution in [3.63, 3.8) is 0 Å². The topological polar surface area (TPSA) is 60.8 Å². The van der Waals surface area contributed by atoms with Crippen LogP contribution >= 0.6 is 0 Å². The highest BCUT2D eigenvalue weighted by molar-refractivity contribution is 5.83. The Morgan fingerprint density at radius 2 is 1.71 bits per heavy atom. The van der Waals surface area contributed by atoms with Gasteiger partial charge >= 0.3 is 0 Å². The van der Waals surface area contributed by atoms with Crippen LogP contribution in [0, 0.1) is 52.8 Å². The van der Waals surface area contributed by atoms with Crippen molar-refractivity contribution in [1.82, 2.24) is 4.90 Å². The summed E-state index contributed by atoms with van der Waals surface area (Å²) in [5.74, 6) is 4.82. The maximum absolute atomic E-state index is 13.2. The Bertz CT molecular complexity index is 751. The molecule has 0 aromatic heterocycles. The summed E-state index contributed by atoms with van der Waals surface area (Å²) in [5, 5.41) is 22.1. The zero-order valence-electron chi connectivity index (χ0n) is 19.8. The lowest BCUT2D eigenvalue weighted by Gasteiger charge is -2.59. The van der Waals surface area contributed by atoms with E-state index in [2.05, 4.69) is 25.7 Å². The third-order valence-electron chi connectivity index (χ3n) is 11.8. The van der Waals surface area contributed by atoms with Gasteiger partial charge in [-0.05, 0) is 105 Å². The Balaban J connectivity index is 1.31. The summed E-state index contributed by atoms with van der Waals surface area (Å²) in [6.07, 6.45) is 9.08. The van der Waals surface area contributed by atoms with E-state index in [1.165, 1.54) is 25.8 Å². The van der Waals surface area contributed by atoms with E-state index in [1.807, 2.05) is 0 Å². The normalized spacial score (nSPS) is 59.2. The minimum absolute atomic E-state index is 0.0789. The first-order valence-corrected chi connectivity index (χ1v) is 13.4. The minimum Gasteiger partial charge on any atom is -0.393 e. The molecular formula is C27H43NO3. The number of aliphatic hydroxyl groups excluding tert-OH is 1. The fourth-order valence-electron chi connectivity index (χ4n) is 10.4. The van der Waals surface area contributed by atoms with Crippen molar-refractivity contribution >= 4 is 5.78 Å². The van der Waals surface area contributed by atoms with E-state index < -0.39 is 5.60 Å². The number of carbonyl (C=O) groups excluding carboxylic acids is 1. The van der Waals surface area contributed by atoms with Crippen molar-refractivity contribution in [3.8, 4) is 0 Å². The number of fused-ring (bicyclic) bond motifs is 8. The van der Waals surface area contributed by atoms with E-state index in [1.54, 1.807) is 0 Å². The summed E-state index contributed by atoms with van der Waals surface area (Å²) in [5.41, 5.74) is -0.482. The molecule has 0 bridgehead atoms. The van der Waals surface area contributed by atoms with Gasteiger partial charge in [0, 0.05) is 31.5 Å². The number of hydrogen-bond donors (Lipinski definition) is 2. The second-order valence-electron chi connectivity index (χ2n) is 13.2. The summed E-state index contributed by atoms with van der Waals surface area (Å²) >= 11 is 0. The monoisotopic (exact) mass is 429 g/mol. The SMILES string of the molecule is C[C@@H]1CC[C@H]2N(C1)C[C@@H]1[C@H]3C[C@@H]4[C@H](CC(=O)[C@@H]5C[C@H](O)CC[C@@]45C)[C@H]3CC[C@H]1[C@@]2(C)O. The lowest BCUT2D eigenvalue weighted by Crippen LogP contribution is -2.67. The van der Waals surface area contributed by atoms with Gasteiger partial charge < -0.3 is 10.2 Å². The van der Waals surface area contributed by atoms with Crippen molar-refractivity contribution in [2.45, 2.75) is 96.3 Å². The molecule has 4 saturated carbocycles. The average molecular weight is 430 g/mol. The molecule has 4 nitrogen and oxygen atoms in total. The molecule has 6 aliphatic rings. The van der Waals surface area contributed by atoms with Crippen LogP contribution in [0.15, 0.2) is 0 Å². The molecule has 2 saturated heterocycles. The number of aliphatic hydroxyl groups is 2. The van der Waals surface area contributed by atoms with Crippen LogP contribution in [0.5, 0.6) is 0 Å². The third-order valence-corrected chi connectivity index (χ3v) is 11.8. The molecule has 2 aliphatic heterocycles. The van der Waals surface area contributed by atoms with E-state index in [-0.39, 0.29) is 17.4 Å². The van der Waals surface area contributed by atoms with E-state index in [9.17, 15) is 15.0 Å². The predicted molar refractivity (Wildman–Crippen MR) is 120 cm³/mol. The second-order valence-corrected chi connectivity index (χ2v) is 13.2. The molecule has 2 N–H and O–H groups in total. The molecule has 0 unspecified atom stereocenters. The van der Waals surface area contributed by atoms with Crippen LogP contribution < -0.4 is 0 Å². The number of piperidine rings is 2. The molecule has 2 heterocycles. The standard InChI is InChI=1S/C27H43NO3/c1-15-4-7-25-27(3,31)21-6-5-17-18(20(21)14-28(25)13-15)11-22-19(17)12-24(30)23-10-16(29)8-9-26(22,23)2/h15-23,25,29,31H,4-14H2,1-3H3/t15-,16-,17+,18+,19-,20-,21-,22-,23+,25-,26+,27-/m1/s1. The Kier molecular flexibility index (Phi) is 4.78. The van der Waals surface area contributed by atoms with Gasteiger partial charge in [0.05, 0.1) is 11.7 Å². The van der Waals surface area contributed by atoms with Gasteiger partial charge in [-0.25, -0.2) is 0 Å². The minimum atomic E-state index is -0.570. The van der Waals surface area contributed by atoms with Gasteiger partial charge in [0.25, 0.3) is 0 Å². The third kappa shape index (κ3) is 2.93. The number of Topliss-reactive ketones (excluding diaryl/α,β-unsaturated/α-hetero) is 1. The number of rotatable bonds is 0. The summed E-state index contributed by atoms with van der Waals surface area (Å²) in [6, 6.07) is 0.341. The van der Waals surface area contributed by atoms with Crippen LogP contribution in [0.2, 0.25) is 0 Å². The Labute approximate surface area is 188 Å². The van der Waals surface area contributed by atoms with Gasteiger partial charge in [-0.15, -0.1) is 0 Å². The number of ketones is 1. The first kappa shape index (κ1) is 21.1. The first-order valence-electron chi connectivity index (χ1n) is 13.4. The van der Waals surface area contributed by atoms with Gasteiger partial charge in [-0.1, -0.05) is 13.8 Å². The van der Waals surface area contributed by atoms with Crippen LogP contribution in [0.4, 0.5) is 0 Å². The predicted octanol–water partition coefficient (Wildman–Crippen LogP) is 3.89. The highest BCUT2D eigenvalue weighted by atomic mass is 16.3. The molecule has 12 atom stereocenters. The molecule has 0 aromatic rings. The molecule has 0 spiro atoms. The molecule has 4 aliphatic carbocycles. The van der Waals surface area contributed by atoms with Crippen molar-refractivity contribution in [1.29, 1.82) is 0 Å². The molecule has 4 heteroatoms. The van der Waals surface area contributed by atoms with Crippen LogP contribution in [0.3, 0.4) is 0 Å². The summed E-state index contributed by atoms with van der Waals surface area (Å²) < 4.78 is 0. The highest BCUT2D eigenvalue weighted by Crippen LogP contribution is 2.66. The lowest BCUT2D eigenvalue weighted by molar-refractivity contribution is -0.175. The zero-order chi connectivity index (χ0) is 21.7. The largest absolute Gasteiger partial charge is 0.393 e. The Hall–Kier alpha value is -0.450. The first-order chi connectivity index (χ1) is 14.7. The molecule has 174 valence electrons. The summed E-state index contributed by atoms with van der Waals surface area (Å²) in [7, 11) is 0. The van der Waals surface area contributed by atoms with Crippen molar-refractivity contribution < 1.29 is 15.0 Å². The number of carbonyl (C=O) groups is 1. The van der Waals surface area contributed by atoms with E-state index in [0.717, 1.165) is 44.6 Å². The lowest BCUT2D eigenvalue weighted by atomic mass is 9.51. The Morgan fingerprint density at radius 1 is 0.903 bits per heavy atom. The molecule has 6 fully saturated rings. The fourth-order valence-corrected chi connectivity index (χ4v) is 10.4. The van der Waals surface area contributed by atoms with Crippen LogP contribution in [0.25, 0.3) is 0 Å².